The highest BCUT2D eigenvalue weighted by Gasteiger charge is 2.46. The second-order valence-electron chi connectivity index (χ2n) is 3.95. The fourth-order valence-corrected chi connectivity index (χ4v) is 1.98. The second-order valence-corrected chi connectivity index (χ2v) is 3.95. The van der Waals surface area contributed by atoms with Crippen LogP contribution in [0.15, 0.2) is 11.6 Å². The molecule has 2 aliphatic rings. The largest absolute Gasteiger partial charge is 0.463 e. The predicted molar refractivity (Wildman–Crippen MR) is 56.8 cm³/mol. The molecule has 0 saturated carbocycles. The molecule has 3 unspecified atom stereocenters. The van der Waals surface area contributed by atoms with Crippen LogP contribution in [0.2, 0.25) is 0 Å². The smallest absolute Gasteiger partial charge is 0.333 e. The van der Waals surface area contributed by atoms with Crippen molar-refractivity contribution in [2.75, 3.05) is 20.5 Å². The summed E-state index contributed by atoms with van der Waals surface area (Å²) in [5.74, 6) is -0.235. The molecule has 5 nitrogen and oxygen atoms in total. The molecular weight excluding hydrogens is 210 g/mol. The summed E-state index contributed by atoms with van der Waals surface area (Å²) >= 11 is 0. The van der Waals surface area contributed by atoms with Crippen molar-refractivity contribution in [1.29, 1.82) is 0 Å². The molecule has 3 atom stereocenters. The van der Waals surface area contributed by atoms with Gasteiger partial charge in [-0.1, -0.05) is 0 Å². The predicted octanol–water partition coefficient (Wildman–Crippen LogP) is 0.209. The molecule has 0 aromatic rings. The standard InChI is InChI=1S/C11H17NO4/c1-3-15-11(13)7-4-8-10(12-8)9(5-7)16-6-14-2/h5,8-10,12H,3-4,6H2,1-2H3. The van der Waals surface area contributed by atoms with Gasteiger partial charge in [-0.3, -0.25) is 0 Å². The van der Waals surface area contributed by atoms with Crippen LogP contribution in [0.5, 0.6) is 0 Å². The molecule has 0 bridgehead atoms. The average Bonchev–Trinajstić information content (AvgIpc) is 3.05. The summed E-state index contributed by atoms with van der Waals surface area (Å²) in [6, 6.07) is 0.680. The van der Waals surface area contributed by atoms with Crippen LogP contribution in [0.1, 0.15) is 13.3 Å². The zero-order chi connectivity index (χ0) is 11.5. The normalized spacial score (nSPS) is 31.6. The molecule has 1 aliphatic carbocycles. The first-order valence-electron chi connectivity index (χ1n) is 5.50. The summed E-state index contributed by atoms with van der Waals surface area (Å²) in [6.07, 6.45) is 2.49. The van der Waals surface area contributed by atoms with E-state index in [1.807, 2.05) is 6.08 Å². The summed E-state index contributed by atoms with van der Waals surface area (Å²) in [5, 5.41) is 3.28. The van der Waals surface area contributed by atoms with Crippen molar-refractivity contribution in [1.82, 2.24) is 5.32 Å². The zero-order valence-electron chi connectivity index (χ0n) is 9.56. The molecule has 1 N–H and O–H groups in total. The number of methoxy groups -OCH3 is 1. The molecule has 0 amide bonds. The number of hydrogen-bond acceptors (Lipinski definition) is 5. The molecular formula is C11H17NO4. The Morgan fingerprint density at radius 2 is 2.44 bits per heavy atom. The van der Waals surface area contributed by atoms with E-state index in [0.29, 0.717) is 24.3 Å². The van der Waals surface area contributed by atoms with Crippen molar-refractivity contribution >= 4 is 5.97 Å². The Morgan fingerprint density at radius 3 is 3.12 bits per heavy atom. The molecule has 0 aromatic heterocycles. The van der Waals surface area contributed by atoms with Gasteiger partial charge in [-0.2, -0.15) is 0 Å². The van der Waals surface area contributed by atoms with Gasteiger partial charge in [-0.05, 0) is 19.4 Å². The number of esters is 1. The molecule has 1 heterocycles. The summed E-state index contributed by atoms with van der Waals surface area (Å²) in [4.78, 5) is 11.6. The lowest BCUT2D eigenvalue weighted by Crippen LogP contribution is -2.27. The van der Waals surface area contributed by atoms with Gasteiger partial charge in [0, 0.05) is 18.7 Å². The van der Waals surface area contributed by atoms with E-state index in [2.05, 4.69) is 5.32 Å². The lowest BCUT2D eigenvalue weighted by atomic mass is 9.97. The zero-order valence-corrected chi connectivity index (χ0v) is 9.56. The number of rotatable bonds is 5. The SMILES string of the molecule is CCOC(=O)C1=CC(OCOC)C2NC2C1. The lowest BCUT2D eigenvalue weighted by Gasteiger charge is -2.18. The van der Waals surface area contributed by atoms with Crippen LogP contribution in [-0.2, 0) is 19.0 Å². The Morgan fingerprint density at radius 1 is 1.62 bits per heavy atom. The quantitative estimate of drug-likeness (QED) is 0.413. The fourth-order valence-electron chi connectivity index (χ4n) is 1.98. The fraction of sp³-hybridized carbons (Fsp3) is 0.727. The maximum absolute atomic E-state index is 11.6. The third kappa shape index (κ3) is 2.42. The summed E-state index contributed by atoms with van der Waals surface area (Å²) in [6.45, 7) is 2.45. The maximum Gasteiger partial charge on any atom is 0.333 e. The topological polar surface area (TPSA) is 66.7 Å². The van der Waals surface area contributed by atoms with Crippen LogP contribution >= 0.6 is 0 Å². The first-order valence-corrected chi connectivity index (χ1v) is 5.50. The molecule has 2 rings (SSSR count). The molecule has 0 aromatic carbocycles. The van der Waals surface area contributed by atoms with Crippen LogP contribution in [0, 0.1) is 0 Å². The summed E-state index contributed by atoms with van der Waals surface area (Å²) in [5.41, 5.74) is 0.703. The first kappa shape index (κ1) is 11.6. The van der Waals surface area contributed by atoms with E-state index in [-0.39, 0.29) is 18.9 Å². The van der Waals surface area contributed by atoms with Gasteiger partial charge in [0.05, 0.1) is 18.8 Å². The highest BCUT2D eigenvalue weighted by atomic mass is 16.7. The summed E-state index contributed by atoms with van der Waals surface area (Å²) < 4.78 is 15.3. The van der Waals surface area contributed by atoms with Crippen LogP contribution in [0.4, 0.5) is 0 Å². The third-order valence-electron chi connectivity index (χ3n) is 2.81. The van der Waals surface area contributed by atoms with E-state index in [1.54, 1.807) is 14.0 Å². The maximum atomic E-state index is 11.6. The van der Waals surface area contributed by atoms with Crippen LogP contribution in [-0.4, -0.2) is 44.7 Å². The summed E-state index contributed by atoms with van der Waals surface area (Å²) in [7, 11) is 1.58. The van der Waals surface area contributed by atoms with Gasteiger partial charge < -0.3 is 19.5 Å². The van der Waals surface area contributed by atoms with Gasteiger partial charge in [-0.25, -0.2) is 4.79 Å². The molecule has 16 heavy (non-hydrogen) atoms. The molecule has 0 radical (unpaired) electrons. The Bertz CT molecular complexity index is 302. The van der Waals surface area contributed by atoms with Gasteiger partial charge in [0.1, 0.15) is 6.79 Å². The minimum atomic E-state index is -0.235. The van der Waals surface area contributed by atoms with Gasteiger partial charge in [0.25, 0.3) is 0 Å². The average molecular weight is 227 g/mol. The Labute approximate surface area is 94.7 Å². The Kier molecular flexibility index (Phi) is 3.58. The molecule has 1 saturated heterocycles. The molecule has 5 heteroatoms. The van der Waals surface area contributed by atoms with E-state index in [9.17, 15) is 4.79 Å². The van der Waals surface area contributed by atoms with E-state index < -0.39 is 0 Å². The van der Waals surface area contributed by atoms with E-state index in [0.717, 1.165) is 6.42 Å². The van der Waals surface area contributed by atoms with E-state index in [1.165, 1.54) is 0 Å². The van der Waals surface area contributed by atoms with E-state index in [4.69, 9.17) is 14.2 Å². The van der Waals surface area contributed by atoms with Crippen LogP contribution < -0.4 is 5.32 Å². The monoisotopic (exact) mass is 227 g/mol. The van der Waals surface area contributed by atoms with Crippen molar-refractivity contribution in [3.63, 3.8) is 0 Å². The molecule has 1 aliphatic heterocycles. The number of ether oxygens (including phenoxy) is 3. The van der Waals surface area contributed by atoms with Crippen molar-refractivity contribution in [3.05, 3.63) is 11.6 Å². The highest BCUT2D eigenvalue weighted by molar-refractivity contribution is 5.89. The minimum absolute atomic E-state index is 0.0851. The number of hydrogen-bond donors (Lipinski definition) is 1. The van der Waals surface area contributed by atoms with Gasteiger partial charge in [0.2, 0.25) is 0 Å². The lowest BCUT2D eigenvalue weighted by molar-refractivity contribution is -0.139. The Hall–Kier alpha value is -0.910. The highest BCUT2D eigenvalue weighted by Crippen LogP contribution is 2.31. The Balaban J connectivity index is 1.97. The van der Waals surface area contributed by atoms with Crippen molar-refractivity contribution < 1.29 is 19.0 Å². The van der Waals surface area contributed by atoms with Gasteiger partial charge in [0.15, 0.2) is 0 Å². The van der Waals surface area contributed by atoms with Crippen molar-refractivity contribution in [2.24, 2.45) is 0 Å². The number of carbonyl (C=O) groups excluding carboxylic acids is 1. The van der Waals surface area contributed by atoms with Crippen LogP contribution in [0.3, 0.4) is 0 Å². The first-order chi connectivity index (χ1) is 7.76. The number of carbonyl (C=O) groups is 1. The van der Waals surface area contributed by atoms with Gasteiger partial charge >= 0.3 is 5.97 Å². The van der Waals surface area contributed by atoms with Gasteiger partial charge in [-0.15, -0.1) is 0 Å². The van der Waals surface area contributed by atoms with Crippen molar-refractivity contribution in [3.8, 4) is 0 Å². The van der Waals surface area contributed by atoms with E-state index >= 15 is 0 Å². The minimum Gasteiger partial charge on any atom is -0.463 e. The molecule has 0 spiro atoms. The molecule has 90 valence electrons. The molecule has 1 fully saturated rings. The number of nitrogens with one attached hydrogen (secondary N) is 1. The van der Waals surface area contributed by atoms with Crippen LogP contribution in [0.25, 0.3) is 0 Å². The second kappa shape index (κ2) is 4.95. The number of fused-ring (bicyclic) bond motifs is 1. The third-order valence-corrected chi connectivity index (χ3v) is 2.81. The van der Waals surface area contributed by atoms with Crippen molar-refractivity contribution in [2.45, 2.75) is 31.5 Å².